The summed E-state index contributed by atoms with van der Waals surface area (Å²) in [5.74, 6) is 0.245. The number of hydrogen-bond donors (Lipinski definition) is 2. The van der Waals surface area contributed by atoms with Gasteiger partial charge < -0.3 is 10.0 Å². The highest BCUT2D eigenvalue weighted by molar-refractivity contribution is 5.95. The molecule has 0 radical (unpaired) electrons. The van der Waals surface area contributed by atoms with E-state index in [0.29, 0.717) is 12.1 Å². The number of aliphatic hydroxyl groups is 1. The fourth-order valence-corrected chi connectivity index (χ4v) is 2.14. The van der Waals surface area contributed by atoms with Gasteiger partial charge in [0.25, 0.3) is 5.91 Å². The van der Waals surface area contributed by atoms with Crippen LogP contribution in [0.15, 0.2) is 6.20 Å². The zero-order valence-corrected chi connectivity index (χ0v) is 9.44. The number of aryl methyl sites for hydroxylation is 1. The van der Waals surface area contributed by atoms with Crippen molar-refractivity contribution in [2.75, 3.05) is 19.7 Å². The molecular formula is C11H17N3O2. The number of nitrogens with zero attached hydrogens (tertiary/aromatic N) is 2. The van der Waals surface area contributed by atoms with Crippen molar-refractivity contribution in [2.45, 2.75) is 19.8 Å². The molecule has 1 aromatic heterocycles. The Balaban J connectivity index is 2.07. The molecule has 2 rings (SSSR count). The Hall–Kier alpha value is -1.36. The van der Waals surface area contributed by atoms with E-state index in [0.717, 1.165) is 25.1 Å². The molecule has 1 unspecified atom stereocenters. The zero-order chi connectivity index (χ0) is 11.5. The molecule has 0 bridgehead atoms. The van der Waals surface area contributed by atoms with Crippen LogP contribution in [-0.2, 0) is 0 Å². The standard InChI is InChI=1S/C11H17N3O2/c1-8-10(5-12-13-8)11(16)14-4-2-3-9(6-14)7-15/h5,9,15H,2-4,6-7H2,1H3,(H,12,13). The Bertz CT molecular complexity index is 375. The molecule has 1 atom stereocenters. The summed E-state index contributed by atoms with van der Waals surface area (Å²) in [5, 5.41) is 15.7. The van der Waals surface area contributed by atoms with Crippen molar-refractivity contribution in [1.29, 1.82) is 0 Å². The fourth-order valence-electron chi connectivity index (χ4n) is 2.14. The number of amides is 1. The number of H-pyrrole nitrogens is 1. The molecule has 0 saturated carbocycles. The summed E-state index contributed by atoms with van der Waals surface area (Å²) >= 11 is 0. The lowest BCUT2D eigenvalue weighted by Gasteiger charge is -2.31. The number of rotatable bonds is 2. The van der Waals surface area contributed by atoms with Crippen molar-refractivity contribution in [2.24, 2.45) is 5.92 Å². The number of piperidine rings is 1. The fraction of sp³-hybridized carbons (Fsp3) is 0.636. The Labute approximate surface area is 94.5 Å². The third kappa shape index (κ3) is 2.09. The molecule has 1 saturated heterocycles. The number of aromatic amines is 1. The van der Waals surface area contributed by atoms with Crippen molar-refractivity contribution in [3.8, 4) is 0 Å². The van der Waals surface area contributed by atoms with Crippen LogP contribution >= 0.6 is 0 Å². The molecule has 0 spiro atoms. The molecule has 88 valence electrons. The highest BCUT2D eigenvalue weighted by atomic mass is 16.3. The van der Waals surface area contributed by atoms with E-state index in [1.807, 2.05) is 11.8 Å². The van der Waals surface area contributed by atoms with Gasteiger partial charge in [-0.15, -0.1) is 0 Å². The molecule has 16 heavy (non-hydrogen) atoms. The van der Waals surface area contributed by atoms with E-state index in [2.05, 4.69) is 10.2 Å². The van der Waals surface area contributed by atoms with Gasteiger partial charge in [0.1, 0.15) is 0 Å². The average molecular weight is 223 g/mol. The molecule has 1 aliphatic rings. The second-order valence-electron chi connectivity index (χ2n) is 4.35. The first kappa shape index (κ1) is 11.1. The molecule has 5 nitrogen and oxygen atoms in total. The van der Waals surface area contributed by atoms with E-state index >= 15 is 0 Å². The number of carbonyl (C=O) groups is 1. The van der Waals surface area contributed by atoms with Gasteiger partial charge in [-0.1, -0.05) is 0 Å². The normalized spacial score (nSPS) is 21.1. The first-order valence-electron chi connectivity index (χ1n) is 5.62. The van der Waals surface area contributed by atoms with E-state index in [1.165, 1.54) is 0 Å². The molecule has 1 aliphatic heterocycles. The van der Waals surface area contributed by atoms with Crippen LogP contribution in [0.25, 0.3) is 0 Å². The van der Waals surface area contributed by atoms with Crippen LogP contribution in [-0.4, -0.2) is 45.8 Å². The van der Waals surface area contributed by atoms with Gasteiger partial charge in [-0.25, -0.2) is 0 Å². The van der Waals surface area contributed by atoms with E-state index < -0.39 is 0 Å². The van der Waals surface area contributed by atoms with Crippen LogP contribution < -0.4 is 0 Å². The molecule has 1 amide bonds. The Morgan fingerprint density at radius 3 is 3.19 bits per heavy atom. The van der Waals surface area contributed by atoms with Crippen LogP contribution in [0.2, 0.25) is 0 Å². The van der Waals surface area contributed by atoms with Gasteiger partial charge in [-0.2, -0.15) is 5.10 Å². The summed E-state index contributed by atoms with van der Waals surface area (Å²) in [6.07, 6.45) is 3.54. The summed E-state index contributed by atoms with van der Waals surface area (Å²) in [4.78, 5) is 13.9. The lowest BCUT2D eigenvalue weighted by atomic mass is 9.98. The maximum atomic E-state index is 12.1. The SMILES string of the molecule is Cc1[nH]ncc1C(=O)N1CCCC(CO)C1. The Kier molecular flexibility index (Phi) is 3.24. The molecule has 5 heteroatoms. The van der Waals surface area contributed by atoms with Gasteiger partial charge in [-0.05, 0) is 25.7 Å². The van der Waals surface area contributed by atoms with Crippen molar-refractivity contribution < 1.29 is 9.90 Å². The van der Waals surface area contributed by atoms with Crippen molar-refractivity contribution in [3.63, 3.8) is 0 Å². The summed E-state index contributed by atoms with van der Waals surface area (Å²) in [7, 11) is 0. The van der Waals surface area contributed by atoms with Crippen molar-refractivity contribution >= 4 is 5.91 Å². The summed E-state index contributed by atoms with van der Waals surface area (Å²) < 4.78 is 0. The summed E-state index contributed by atoms with van der Waals surface area (Å²) in [6, 6.07) is 0. The van der Waals surface area contributed by atoms with Gasteiger partial charge >= 0.3 is 0 Å². The first-order chi connectivity index (χ1) is 7.72. The lowest BCUT2D eigenvalue weighted by Crippen LogP contribution is -2.41. The quantitative estimate of drug-likeness (QED) is 0.769. The second kappa shape index (κ2) is 4.65. The molecular weight excluding hydrogens is 206 g/mol. The molecule has 2 heterocycles. The minimum atomic E-state index is 0.0180. The number of aromatic nitrogens is 2. The third-order valence-electron chi connectivity index (χ3n) is 3.12. The predicted molar refractivity (Wildman–Crippen MR) is 59.0 cm³/mol. The minimum absolute atomic E-state index is 0.0180. The molecule has 0 aliphatic carbocycles. The van der Waals surface area contributed by atoms with Gasteiger partial charge in [0, 0.05) is 25.4 Å². The number of hydrogen-bond acceptors (Lipinski definition) is 3. The van der Waals surface area contributed by atoms with E-state index in [9.17, 15) is 4.79 Å². The van der Waals surface area contributed by atoms with Gasteiger partial charge in [0.15, 0.2) is 0 Å². The number of nitrogens with one attached hydrogen (secondary N) is 1. The van der Waals surface area contributed by atoms with Crippen LogP contribution in [0.4, 0.5) is 0 Å². The predicted octanol–water partition coefficient (Wildman–Crippen LogP) is 0.563. The highest BCUT2D eigenvalue weighted by Gasteiger charge is 2.25. The van der Waals surface area contributed by atoms with E-state index in [-0.39, 0.29) is 18.4 Å². The molecule has 0 aromatic carbocycles. The topological polar surface area (TPSA) is 69.2 Å². The zero-order valence-electron chi connectivity index (χ0n) is 9.44. The average Bonchev–Trinajstić information content (AvgIpc) is 2.74. The Morgan fingerprint density at radius 1 is 1.75 bits per heavy atom. The van der Waals surface area contributed by atoms with Gasteiger partial charge in [0.2, 0.25) is 0 Å². The monoisotopic (exact) mass is 223 g/mol. The highest BCUT2D eigenvalue weighted by Crippen LogP contribution is 2.18. The van der Waals surface area contributed by atoms with E-state index in [4.69, 9.17) is 5.11 Å². The van der Waals surface area contributed by atoms with E-state index in [1.54, 1.807) is 6.20 Å². The Morgan fingerprint density at radius 2 is 2.56 bits per heavy atom. The van der Waals surface area contributed by atoms with Crippen LogP contribution in [0.5, 0.6) is 0 Å². The van der Waals surface area contributed by atoms with Crippen LogP contribution in [0.3, 0.4) is 0 Å². The first-order valence-corrected chi connectivity index (χ1v) is 5.62. The van der Waals surface area contributed by atoms with Crippen LogP contribution in [0, 0.1) is 12.8 Å². The maximum Gasteiger partial charge on any atom is 0.257 e. The van der Waals surface area contributed by atoms with Gasteiger partial charge in [-0.3, -0.25) is 9.89 Å². The van der Waals surface area contributed by atoms with Crippen LogP contribution in [0.1, 0.15) is 28.9 Å². The maximum absolute atomic E-state index is 12.1. The largest absolute Gasteiger partial charge is 0.396 e. The molecule has 1 fully saturated rings. The van der Waals surface area contributed by atoms with Crippen molar-refractivity contribution in [1.82, 2.24) is 15.1 Å². The smallest absolute Gasteiger partial charge is 0.257 e. The summed E-state index contributed by atoms with van der Waals surface area (Å²) in [6.45, 7) is 3.43. The minimum Gasteiger partial charge on any atom is -0.396 e. The number of likely N-dealkylation sites (tertiary alicyclic amines) is 1. The molecule has 2 N–H and O–H groups in total. The number of carbonyl (C=O) groups excluding carboxylic acids is 1. The number of aliphatic hydroxyl groups excluding tert-OH is 1. The third-order valence-corrected chi connectivity index (χ3v) is 3.12. The lowest BCUT2D eigenvalue weighted by molar-refractivity contribution is 0.0620. The van der Waals surface area contributed by atoms with Crippen molar-refractivity contribution in [3.05, 3.63) is 17.5 Å². The molecule has 1 aromatic rings. The second-order valence-corrected chi connectivity index (χ2v) is 4.35. The van der Waals surface area contributed by atoms with Gasteiger partial charge in [0.05, 0.1) is 11.8 Å². The summed E-state index contributed by atoms with van der Waals surface area (Å²) in [5.41, 5.74) is 1.44.